The van der Waals surface area contributed by atoms with Crippen LogP contribution in [0, 0.1) is 24.7 Å². The van der Waals surface area contributed by atoms with Gasteiger partial charge in [-0.2, -0.15) is 8.42 Å². The van der Waals surface area contributed by atoms with Gasteiger partial charge in [0, 0.05) is 12.0 Å². The van der Waals surface area contributed by atoms with Crippen molar-refractivity contribution >= 4 is 10.1 Å². The fourth-order valence-electron chi connectivity index (χ4n) is 5.84. The first kappa shape index (κ1) is 40.9. The third kappa shape index (κ3) is 19.3. The zero-order valence-electron chi connectivity index (χ0n) is 30.4. The van der Waals surface area contributed by atoms with E-state index in [2.05, 4.69) is 50.8 Å². The van der Waals surface area contributed by atoms with Crippen molar-refractivity contribution in [3.63, 3.8) is 0 Å². The molecule has 1 unspecified atom stereocenters. The average Bonchev–Trinajstić information content (AvgIpc) is 3.06. The minimum Gasteiger partial charge on any atom is -0.493 e. The Morgan fingerprint density at radius 3 is 1.94 bits per heavy atom. The first-order valence-corrected chi connectivity index (χ1v) is 20.5. The molecule has 0 aliphatic rings. The quantitative estimate of drug-likeness (QED) is 0.0541. The summed E-state index contributed by atoms with van der Waals surface area (Å²) in [6, 6.07) is 13.3. The van der Waals surface area contributed by atoms with Crippen molar-refractivity contribution in [3.05, 3.63) is 59.2 Å². The highest BCUT2D eigenvalue weighted by Gasteiger charge is 2.14. The Morgan fingerprint density at radius 1 is 0.702 bits per heavy atom. The molecule has 0 heterocycles. The molecular formula is C42H66O4S. The lowest BCUT2D eigenvalue weighted by Crippen LogP contribution is -2.11. The van der Waals surface area contributed by atoms with Gasteiger partial charge in [-0.05, 0) is 80.8 Å². The molecule has 2 aromatic rings. The van der Waals surface area contributed by atoms with Crippen LogP contribution in [0.5, 0.6) is 5.75 Å². The molecule has 0 aromatic heterocycles. The molecule has 0 fully saturated rings. The first-order chi connectivity index (χ1) is 22.9. The summed E-state index contributed by atoms with van der Waals surface area (Å²) in [6.07, 6.45) is 25.8. The van der Waals surface area contributed by atoms with Crippen molar-refractivity contribution in [3.8, 4) is 17.6 Å². The lowest BCUT2D eigenvalue weighted by molar-refractivity contribution is 0.233. The Balaban J connectivity index is 1.80. The molecule has 0 spiro atoms. The van der Waals surface area contributed by atoms with E-state index < -0.39 is 10.1 Å². The number of hydrogen-bond acceptors (Lipinski definition) is 4. The molecule has 0 N–H and O–H groups in total. The second-order valence-corrected chi connectivity index (χ2v) is 15.0. The maximum Gasteiger partial charge on any atom is 0.296 e. The molecule has 0 saturated heterocycles. The van der Waals surface area contributed by atoms with Gasteiger partial charge in [0.1, 0.15) is 5.75 Å². The van der Waals surface area contributed by atoms with Crippen LogP contribution < -0.4 is 4.74 Å². The molecule has 1 atom stereocenters. The number of hydrogen-bond donors (Lipinski definition) is 0. The summed E-state index contributed by atoms with van der Waals surface area (Å²) < 4.78 is 36.4. The van der Waals surface area contributed by atoms with Crippen LogP contribution in [0.1, 0.15) is 166 Å². The van der Waals surface area contributed by atoms with Gasteiger partial charge in [-0.3, -0.25) is 4.18 Å². The Hall–Kier alpha value is -2.29. The molecule has 0 radical (unpaired) electrons. The standard InChI is InChI=1S/C42H66O4S/c1-5-8-10-11-12-13-14-15-16-17-18-19-22-26-39-33-40(35-41(34-39)45-36-38(7-3)25-9-6-2)27-23-20-21-24-32-46-47(43,44)42-30-28-37(4)29-31-42/h28-31,33-35,38H,5-22,24-26,32,36H2,1-4H3. The van der Waals surface area contributed by atoms with E-state index in [0.717, 1.165) is 42.7 Å². The number of ether oxygens (including phenoxy) is 1. The molecule has 47 heavy (non-hydrogen) atoms. The fourth-order valence-corrected chi connectivity index (χ4v) is 6.78. The smallest absolute Gasteiger partial charge is 0.296 e. The van der Waals surface area contributed by atoms with Gasteiger partial charge in [0.05, 0.1) is 18.1 Å². The van der Waals surface area contributed by atoms with Gasteiger partial charge in [0.25, 0.3) is 10.1 Å². The third-order valence-electron chi connectivity index (χ3n) is 9.04. The van der Waals surface area contributed by atoms with E-state index in [0.29, 0.717) is 18.8 Å². The first-order valence-electron chi connectivity index (χ1n) is 19.1. The molecule has 264 valence electrons. The van der Waals surface area contributed by atoms with Gasteiger partial charge in [-0.15, -0.1) is 0 Å². The van der Waals surface area contributed by atoms with Crippen LogP contribution in [0.25, 0.3) is 0 Å². The van der Waals surface area contributed by atoms with Crippen LogP contribution in [-0.2, 0) is 20.7 Å². The van der Waals surface area contributed by atoms with E-state index in [1.165, 1.54) is 108 Å². The minimum atomic E-state index is -3.71. The predicted octanol–water partition coefficient (Wildman–Crippen LogP) is 12.2. The summed E-state index contributed by atoms with van der Waals surface area (Å²) in [5, 5.41) is 0. The molecule has 0 bridgehead atoms. The lowest BCUT2D eigenvalue weighted by atomic mass is 10.00. The maximum atomic E-state index is 12.4. The normalized spacial score (nSPS) is 12.1. The average molecular weight is 667 g/mol. The lowest BCUT2D eigenvalue weighted by Gasteiger charge is -2.16. The summed E-state index contributed by atoms with van der Waals surface area (Å²) in [5.74, 6) is 8.19. The van der Waals surface area contributed by atoms with E-state index in [9.17, 15) is 8.42 Å². The fraction of sp³-hybridized carbons (Fsp3) is 0.667. The summed E-state index contributed by atoms with van der Waals surface area (Å²) in [4.78, 5) is 0.204. The summed E-state index contributed by atoms with van der Waals surface area (Å²) in [7, 11) is -3.71. The minimum absolute atomic E-state index is 0.168. The van der Waals surface area contributed by atoms with Gasteiger partial charge in [-0.25, -0.2) is 0 Å². The SMILES string of the molecule is CCCCCCCCCCCCCCCc1cc(C#CCCCCOS(=O)(=O)c2ccc(C)cc2)cc(OCC(CC)CCCC)c1. The monoisotopic (exact) mass is 666 g/mol. The van der Waals surface area contributed by atoms with E-state index in [1.54, 1.807) is 24.3 Å². The van der Waals surface area contributed by atoms with Crippen molar-refractivity contribution in [1.29, 1.82) is 0 Å². The Labute approximate surface area is 289 Å². The second-order valence-electron chi connectivity index (χ2n) is 13.4. The molecule has 2 aromatic carbocycles. The summed E-state index contributed by atoms with van der Waals surface area (Å²) in [6.45, 7) is 9.65. The predicted molar refractivity (Wildman–Crippen MR) is 200 cm³/mol. The second kappa shape index (κ2) is 25.7. The molecule has 5 heteroatoms. The Morgan fingerprint density at radius 2 is 1.32 bits per heavy atom. The maximum absolute atomic E-state index is 12.4. The van der Waals surface area contributed by atoms with Gasteiger partial charge in [0.15, 0.2) is 0 Å². The number of rotatable bonds is 27. The third-order valence-corrected chi connectivity index (χ3v) is 10.4. The molecule has 0 aliphatic carbocycles. The summed E-state index contributed by atoms with van der Waals surface area (Å²) >= 11 is 0. The van der Waals surface area contributed by atoms with E-state index >= 15 is 0 Å². The molecule has 2 rings (SSSR count). The number of aryl methyl sites for hydroxylation is 2. The highest BCUT2D eigenvalue weighted by atomic mass is 32.2. The molecule has 0 saturated carbocycles. The molecule has 4 nitrogen and oxygen atoms in total. The zero-order valence-corrected chi connectivity index (χ0v) is 31.2. The number of benzene rings is 2. The Bertz CT molecular complexity index is 1240. The van der Waals surface area contributed by atoms with Crippen molar-refractivity contribution in [2.45, 2.75) is 167 Å². The van der Waals surface area contributed by atoms with Crippen LogP contribution in [0.3, 0.4) is 0 Å². The van der Waals surface area contributed by atoms with E-state index in [4.69, 9.17) is 8.92 Å². The van der Waals surface area contributed by atoms with Gasteiger partial charge in [0.2, 0.25) is 0 Å². The summed E-state index contributed by atoms with van der Waals surface area (Å²) in [5.41, 5.74) is 3.33. The van der Waals surface area contributed by atoms with Crippen LogP contribution in [0.15, 0.2) is 47.4 Å². The molecule has 0 amide bonds. The van der Waals surface area contributed by atoms with E-state index in [1.807, 2.05) is 6.92 Å². The van der Waals surface area contributed by atoms with Crippen LogP contribution >= 0.6 is 0 Å². The largest absolute Gasteiger partial charge is 0.493 e. The van der Waals surface area contributed by atoms with Crippen LogP contribution in [-0.4, -0.2) is 21.6 Å². The number of unbranched alkanes of at least 4 members (excludes halogenated alkanes) is 15. The van der Waals surface area contributed by atoms with Gasteiger partial charge < -0.3 is 4.74 Å². The van der Waals surface area contributed by atoms with E-state index in [-0.39, 0.29) is 11.5 Å². The van der Waals surface area contributed by atoms with Crippen molar-refractivity contribution in [2.75, 3.05) is 13.2 Å². The molecule has 0 aliphatic heterocycles. The van der Waals surface area contributed by atoms with Crippen LogP contribution in [0.4, 0.5) is 0 Å². The highest BCUT2D eigenvalue weighted by molar-refractivity contribution is 7.86. The highest BCUT2D eigenvalue weighted by Crippen LogP contribution is 2.22. The van der Waals surface area contributed by atoms with Crippen molar-refractivity contribution in [2.24, 2.45) is 5.92 Å². The Kier molecular flexibility index (Phi) is 22.3. The van der Waals surface area contributed by atoms with Crippen LogP contribution in [0.2, 0.25) is 0 Å². The zero-order chi connectivity index (χ0) is 34.0. The topological polar surface area (TPSA) is 52.6 Å². The van der Waals surface area contributed by atoms with Crippen molar-refractivity contribution in [1.82, 2.24) is 0 Å². The van der Waals surface area contributed by atoms with Gasteiger partial charge in [-0.1, -0.05) is 147 Å². The van der Waals surface area contributed by atoms with Gasteiger partial charge >= 0.3 is 0 Å². The van der Waals surface area contributed by atoms with Crippen molar-refractivity contribution < 1.29 is 17.3 Å². The molecular weight excluding hydrogens is 601 g/mol.